The lowest BCUT2D eigenvalue weighted by Crippen LogP contribution is -2.39. The number of hydrogen-bond acceptors (Lipinski definition) is 4. The van der Waals surface area contributed by atoms with Crippen LogP contribution in [0.15, 0.2) is 28.1 Å². The Kier molecular flexibility index (Phi) is 12.3. The highest BCUT2D eigenvalue weighted by atomic mass is 127. The third-order valence-corrected chi connectivity index (χ3v) is 4.88. The molecule has 5 nitrogen and oxygen atoms in total. The van der Waals surface area contributed by atoms with Crippen LogP contribution in [0.25, 0.3) is 0 Å². The van der Waals surface area contributed by atoms with Gasteiger partial charge in [0.1, 0.15) is 0 Å². The number of benzene rings is 1. The van der Waals surface area contributed by atoms with E-state index in [-0.39, 0.29) is 30.1 Å². The van der Waals surface area contributed by atoms with Crippen molar-refractivity contribution in [2.24, 2.45) is 4.99 Å². The fourth-order valence-electron chi connectivity index (χ4n) is 2.72. The number of hydrogen-bond donors (Lipinski definition) is 2. The molecule has 148 valence electrons. The van der Waals surface area contributed by atoms with Crippen molar-refractivity contribution in [3.63, 3.8) is 0 Å². The van der Waals surface area contributed by atoms with E-state index in [1.807, 2.05) is 0 Å². The summed E-state index contributed by atoms with van der Waals surface area (Å²) in [6.07, 6.45) is 4.66. The smallest absolute Gasteiger partial charge is 0.191 e. The molecule has 1 aromatic carbocycles. The van der Waals surface area contributed by atoms with E-state index in [1.165, 1.54) is 16.0 Å². The molecule has 1 aliphatic rings. The van der Waals surface area contributed by atoms with Gasteiger partial charge >= 0.3 is 0 Å². The number of guanidine groups is 1. The Hall–Kier alpha value is -0.510. The molecule has 1 atom stereocenters. The van der Waals surface area contributed by atoms with Crippen LogP contribution in [0.4, 0.5) is 0 Å². The first-order chi connectivity index (χ1) is 12.2. The van der Waals surface area contributed by atoms with Gasteiger partial charge < -0.3 is 20.1 Å². The fraction of sp³-hybridized carbons (Fsp3) is 0.632. The molecule has 1 saturated heterocycles. The molecule has 2 rings (SSSR count). The van der Waals surface area contributed by atoms with Crippen LogP contribution < -0.4 is 10.6 Å². The molecule has 7 heteroatoms. The molecule has 0 bridgehead atoms. The highest BCUT2D eigenvalue weighted by Gasteiger charge is 2.14. The Morgan fingerprint density at radius 2 is 2.23 bits per heavy atom. The first-order valence-electron chi connectivity index (χ1n) is 9.08. The van der Waals surface area contributed by atoms with Gasteiger partial charge in [0, 0.05) is 24.6 Å². The molecule has 0 saturated carbocycles. The van der Waals surface area contributed by atoms with Crippen LogP contribution in [0, 0.1) is 6.92 Å². The minimum atomic E-state index is 0. The van der Waals surface area contributed by atoms with Gasteiger partial charge in [-0.3, -0.25) is 0 Å². The maximum absolute atomic E-state index is 5.68. The van der Waals surface area contributed by atoms with Crippen molar-refractivity contribution in [3.8, 4) is 0 Å². The zero-order chi connectivity index (χ0) is 17.9. The molecule has 0 radical (unpaired) electrons. The first kappa shape index (κ1) is 23.5. The molecule has 0 spiro atoms. The van der Waals surface area contributed by atoms with Crippen molar-refractivity contribution < 1.29 is 9.47 Å². The topological polar surface area (TPSA) is 54.9 Å². The van der Waals surface area contributed by atoms with Gasteiger partial charge in [-0.25, -0.2) is 4.99 Å². The number of aliphatic imine (C=N–C) groups is 1. The summed E-state index contributed by atoms with van der Waals surface area (Å²) >= 11 is 1.77. The molecule has 0 aromatic heterocycles. The molecular formula is C19H32IN3O2S. The molecule has 1 aliphatic heterocycles. The van der Waals surface area contributed by atoms with Gasteiger partial charge in [-0.2, -0.15) is 0 Å². The maximum atomic E-state index is 5.68. The van der Waals surface area contributed by atoms with E-state index in [0.717, 1.165) is 38.5 Å². The third-order valence-electron chi connectivity index (χ3n) is 4.06. The number of nitrogens with one attached hydrogen (secondary N) is 2. The van der Waals surface area contributed by atoms with Gasteiger partial charge in [-0.05, 0) is 50.1 Å². The van der Waals surface area contributed by atoms with E-state index >= 15 is 0 Å². The number of nitrogens with zero attached hydrogens (tertiary/aromatic N) is 1. The largest absolute Gasteiger partial charge is 0.377 e. The molecule has 2 N–H and O–H groups in total. The SMILES string of the molecule is CCNC(=NCc1ccc(C)cc1SC)NCCOCC1CCCO1.I. The van der Waals surface area contributed by atoms with Crippen molar-refractivity contribution >= 4 is 41.7 Å². The summed E-state index contributed by atoms with van der Waals surface area (Å²) in [4.78, 5) is 5.99. The van der Waals surface area contributed by atoms with Gasteiger partial charge in [0.15, 0.2) is 5.96 Å². The van der Waals surface area contributed by atoms with Gasteiger partial charge in [0.25, 0.3) is 0 Å². The third kappa shape index (κ3) is 8.45. The van der Waals surface area contributed by atoms with Crippen molar-refractivity contribution in [1.82, 2.24) is 10.6 Å². The quantitative estimate of drug-likeness (QED) is 0.181. The number of aryl methyl sites for hydroxylation is 1. The monoisotopic (exact) mass is 493 g/mol. The standard InChI is InChI=1S/C19H31N3O2S.HI/c1-4-20-19(21-9-11-23-14-17-6-5-10-24-17)22-13-16-8-7-15(2)12-18(16)25-3;/h7-8,12,17H,4-6,9-11,13-14H2,1-3H3,(H2,20,21,22);1H. The number of ether oxygens (including phenoxy) is 2. The second-order valence-corrected chi connectivity index (χ2v) is 7.00. The predicted molar refractivity (Wildman–Crippen MR) is 121 cm³/mol. The molecule has 0 aliphatic carbocycles. The summed E-state index contributed by atoms with van der Waals surface area (Å²) in [6.45, 7) is 8.66. The molecule has 0 amide bonds. The minimum Gasteiger partial charge on any atom is -0.377 e. The van der Waals surface area contributed by atoms with E-state index in [0.29, 0.717) is 19.8 Å². The zero-order valence-electron chi connectivity index (χ0n) is 16.0. The van der Waals surface area contributed by atoms with E-state index in [9.17, 15) is 0 Å². The Balaban J connectivity index is 0.00000338. The average Bonchev–Trinajstić information content (AvgIpc) is 3.13. The number of thioether (sulfide) groups is 1. The Morgan fingerprint density at radius 3 is 2.92 bits per heavy atom. The molecule has 26 heavy (non-hydrogen) atoms. The van der Waals surface area contributed by atoms with E-state index < -0.39 is 0 Å². The van der Waals surface area contributed by atoms with Gasteiger partial charge in [-0.15, -0.1) is 35.7 Å². The van der Waals surface area contributed by atoms with Crippen molar-refractivity contribution in [2.45, 2.75) is 44.2 Å². The molecular weight excluding hydrogens is 461 g/mol. The molecule has 1 aromatic rings. The Bertz CT molecular complexity index is 552. The predicted octanol–water partition coefficient (Wildman–Crippen LogP) is 3.59. The number of halogens is 1. The zero-order valence-corrected chi connectivity index (χ0v) is 19.2. The van der Waals surface area contributed by atoms with Crippen LogP contribution in [0.2, 0.25) is 0 Å². The van der Waals surface area contributed by atoms with Gasteiger partial charge in [-0.1, -0.05) is 12.1 Å². The van der Waals surface area contributed by atoms with Crippen LogP contribution in [0.1, 0.15) is 30.9 Å². The number of rotatable bonds is 9. The fourth-order valence-corrected chi connectivity index (χ4v) is 3.42. The Morgan fingerprint density at radius 1 is 1.38 bits per heavy atom. The van der Waals surface area contributed by atoms with E-state index in [4.69, 9.17) is 14.5 Å². The van der Waals surface area contributed by atoms with Crippen LogP contribution in [-0.2, 0) is 16.0 Å². The maximum Gasteiger partial charge on any atom is 0.191 e. The summed E-state index contributed by atoms with van der Waals surface area (Å²) in [5.41, 5.74) is 2.54. The summed E-state index contributed by atoms with van der Waals surface area (Å²) in [6, 6.07) is 6.53. The van der Waals surface area contributed by atoms with Crippen molar-refractivity contribution in [1.29, 1.82) is 0 Å². The lowest BCUT2D eigenvalue weighted by Gasteiger charge is -2.13. The second-order valence-electron chi connectivity index (χ2n) is 6.15. The summed E-state index contributed by atoms with van der Waals surface area (Å²) < 4.78 is 11.2. The average molecular weight is 493 g/mol. The molecule has 1 unspecified atom stereocenters. The highest BCUT2D eigenvalue weighted by molar-refractivity contribution is 14.0. The minimum absolute atomic E-state index is 0. The van der Waals surface area contributed by atoms with Crippen molar-refractivity contribution in [2.75, 3.05) is 39.2 Å². The second kappa shape index (κ2) is 13.6. The van der Waals surface area contributed by atoms with Crippen molar-refractivity contribution in [3.05, 3.63) is 29.3 Å². The summed E-state index contributed by atoms with van der Waals surface area (Å²) in [5.74, 6) is 0.829. The highest BCUT2D eigenvalue weighted by Crippen LogP contribution is 2.22. The summed E-state index contributed by atoms with van der Waals surface area (Å²) in [7, 11) is 0. The van der Waals surface area contributed by atoms with Gasteiger partial charge in [0.05, 0.1) is 25.9 Å². The van der Waals surface area contributed by atoms with Gasteiger partial charge in [0.2, 0.25) is 0 Å². The van der Waals surface area contributed by atoms with Crippen LogP contribution >= 0.6 is 35.7 Å². The van der Waals surface area contributed by atoms with Crippen LogP contribution in [-0.4, -0.2) is 51.2 Å². The normalized spacial score (nSPS) is 17.0. The summed E-state index contributed by atoms with van der Waals surface area (Å²) in [5, 5.41) is 6.62. The molecule has 1 heterocycles. The lowest BCUT2D eigenvalue weighted by atomic mass is 10.1. The van der Waals surface area contributed by atoms with Crippen LogP contribution in [0.3, 0.4) is 0 Å². The van der Waals surface area contributed by atoms with E-state index in [2.05, 4.69) is 48.9 Å². The van der Waals surface area contributed by atoms with E-state index in [1.54, 1.807) is 11.8 Å². The first-order valence-corrected chi connectivity index (χ1v) is 10.3. The van der Waals surface area contributed by atoms with Crippen LogP contribution in [0.5, 0.6) is 0 Å². The molecule has 1 fully saturated rings. The Labute approximate surface area is 179 Å². The lowest BCUT2D eigenvalue weighted by molar-refractivity contribution is 0.0191.